The van der Waals surface area contributed by atoms with Crippen LogP contribution in [0.15, 0.2) is 12.2 Å². The van der Waals surface area contributed by atoms with Crippen molar-refractivity contribution in [2.24, 2.45) is 0 Å². The van der Waals surface area contributed by atoms with Gasteiger partial charge < -0.3 is 15.7 Å². The zero-order valence-corrected chi connectivity index (χ0v) is 9.12. The topological polar surface area (TPSA) is 78.4 Å². The van der Waals surface area contributed by atoms with Crippen LogP contribution in [-0.4, -0.2) is 29.7 Å². The minimum absolute atomic E-state index is 0.373. The highest BCUT2D eigenvalue weighted by Gasteiger charge is 2.16. The number of carbonyl (C=O) groups excluding carboxylic acids is 1. The Morgan fingerprint density at radius 1 is 1.47 bits per heavy atom. The summed E-state index contributed by atoms with van der Waals surface area (Å²) < 4.78 is 0. The van der Waals surface area contributed by atoms with E-state index in [0.717, 1.165) is 6.42 Å². The van der Waals surface area contributed by atoms with E-state index in [1.54, 1.807) is 6.92 Å². The Bertz CT molecular complexity index is 239. The lowest BCUT2D eigenvalue weighted by atomic mass is 10.2. The molecule has 0 aromatic rings. The van der Waals surface area contributed by atoms with E-state index in [4.69, 9.17) is 5.11 Å². The second-order valence-corrected chi connectivity index (χ2v) is 3.06. The molecule has 1 atom stereocenters. The molecule has 0 saturated carbocycles. The Balaban J connectivity index is 3.76. The molecular formula is C10H18N2O3. The minimum atomic E-state index is -1.01. The summed E-state index contributed by atoms with van der Waals surface area (Å²) >= 11 is 0. The average Bonchev–Trinajstić information content (AvgIpc) is 2.20. The van der Waals surface area contributed by atoms with Crippen molar-refractivity contribution >= 4 is 12.0 Å². The third-order valence-electron chi connectivity index (χ3n) is 1.84. The molecule has 0 aromatic carbocycles. The molecule has 0 bridgehead atoms. The average molecular weight is 214 g/mol. The molecule has 15 heavy (non-hydrogen) atoms. The van der Waals surface area contributed by atoms with Crippen molar-refractivity contribution in [3.05, 3.63) is 12.2 Å². The fourth-order valence-electron chi connectivity index (χ4n) is 0.983. The lowest BCUT2D eigenvalue weighted by Crippen LogP contribution is -2.45. The highest BCUT2D eigenvalue weighted by atomic mass is 16.4. The molecule has 0 rings (SSSR count). The van der Waals surface area contributed by atoms with Crippen LogP contribution < -0.4 is 10.6 Å². The number of hydrogen-bond donors (Lipinski definition) is 3. The molecule has 0 aliphatic carbocycles. The SMILES string of the molecule is C/C=C/CCNC(=O)N[C@H](CC)C(=O)O. The molecule has 0 aromatic heterocycles. The molecule has 0 spiro atoms. The van der Waals surface area contributed by atoms with Crippen LogP contribution in [0.5, 0.6) is 0 Å². The van der Waals surface area contributed by atoms with Crippen LogP contribution in [-0.2, 0) is 4.79 Å². The van der Waals surface area contributed by atoms with Gasteiger partial charge in [-0.05, 0) is 19.8 Å². The molecular weight excluding hydrogens is 196 g/mol. The molecule has 0 radical (unpaired) electrons. The number of carboxylic acid groups (broad SMARTS) is 1. The summed E-state index contributed by atoms with van der Waals surface area (Å²) in [7, 11) is 0. The lowest BCUT2D eigenvalue weighted by Gasteiger charge is -2.12. The summed E-state index contributed by atoms with van der Waals surface area (Å²) in [5, 5.41) is 13.6. The van der Waals surface area contributed by atoms with Crippen LogP contribution in [0.3, 0.4) is 0 Å². The number of amides is 2. The van der Waals surface area contributed by atoms with E-state index >= 15 is 0 Å². The van der Waals surface area contributed by atoms with Crippen LogP contribution >= 0.6 is 0 Å². The maximum absolute atomic E-state index is 11.2. The molecule has 0 heterocycles. The van der Waals surface area contributed by atoms with E-state index in [9.17, 15) is 9.59 Å². The summed E-state index contributed by atoms with van der Waals surface area (Å²) in [4.78, 5) is 21.8. The predicted molar refractivity (Wildman–Crippen MR) is 57.7 cm³/mol. The number of carboxylic acids is 1. The van der Waals surface area contributed by atoms with Crippen molar-refractivity contribution in [1.82, 2.24) is 10.6 Å². The molecule has 0 unspecified atom stereocenters. The molecule has 0 saturated heterocycles. The van der Waals surface area contributed by atoms with Crippen molar-refractivity contribution in [3.8, 4) is 0 Å². The van der Waals surface area contributed by atoms with Gasteiger partial charge in [-0.15, -0.1) is 0 Å². The van der Waals surface area contributed by atoms with Crippen LogP contribution in [0.25, 0.3) is 0 Å². The van der Waals surface area contributed by atoms with Gasteiger partial charge in [-0.3, -0.25) is 0 Å². The van der Waals surface area contributed by atoms with Gasteiger partial charge in [-0.2, -0.15) is 0 Å². The molecule has 86 valence electrons. The third-order valence-corrected chi connectivity index (χ3v) is 1.84. The molecule has 0 aliphatic heterocycles. The largest absolute Gasteiger partial charge is 0.480 e. The van der Waals surface area contributed by atoms with Gasteiger partial charge in [0.2, 0.25) is 0 Å². The standard InChI is InChI=1S/C10H18N2O3/c1-3-5-6-7-11-10(15)12-8(4-2)9(13)14/h3,5,8H,4,6-7H2,1-2H3,(H,13,14)(H2,11,12,15)/b5-3+/t8-/m1/s1. The number of nitrogens with one attached hydrogen (secondary N) is 2. The van der Waals surface area contributed by atoms with Gasteiger partial charge in [0.1, 0.15) is 6.04 Å². The van der Waals surface area contributed by atoms with Crippen molar-refractivity contribution in [2.45, 2.75) is 32.7 Å². The normalized spacial score (nSPS) is 12.4. The van der Waals surface area contributed by atoms with E-state index in [1.165, 1.54) is 0 Å². The summed E-state index contributed by atoms with van der Waals surface area (Å²) in [6.45, 7) is 4.11. The smallest absolute Gasteiger partial charge is 0.326 e. The number of aliphatic carboxylic acids is 1. The van der Waals surface area contributed by atoms with Gasteiger partial charge in [0, 0.05) is 6.54 Å². The number of hydrogen-bond acceptors (Lipinski definition) is 2. The summed E-state index contributed by atoms with van der Waals surface area (Å²) in [6.07, 6.45) is 4.94. The van der Waals surface area contributed by atoms with Gasteiger partial charge in [-0.1, -0.05) is 19.1 Å². The van der Waals surface area contributed by atoms with E-state index in [-0.39, 0.29) is 0 Å². The molecule has 0 aliphatic rings. The van der Waals surface area contributed by atoms with Crippen molar-refractivity contribution < 1.29 is 14.7 Å². The minimum Gasteiger partial charge on any atom is -0.480 e. The molecule has 2 amide bonds. The lowest BCUT2D eigenvalue weighted by molar-refractivity contribution is -0.139. The Morgan fingerprint density at radius 2 is 2.13 bits per heavy atom. The Labute approximate surface area is 89.6 Å². The Kier molecular flexibility index (Phi) is 7.05. The summed E-state index contributed by atoms with van der Waals surface area (Å²) in [6, 6.07) is -1.25. The first kappa shape index (κ1) is 13.5. The van der Waals surface area contributed by atoms with Gasteiger partial charge in [0.15, 0.2) is 0 Å². The first-order valence-electron chi connectivity index (χ1n) is 5.00. The van der Waals surface area contributed by atoms with Crippen molar-refractivity contribution in [2.75, 3.05) is 6.54 Å². The van der Waals surface area contributed by atoms with Gasteiger partial charge in [-0.25, -0.2) is 9.59 Å². The van der Waals surface area contributed by atoms with Gasteiger partial charge in [0.25, 0.3) is 0 Å². The van der Waals surface area contributed by atoms with Crippen LogP contribution in [0.4, 0.5) is 4.79 Å². The number of urea groups is 1. The zero-order valence-electron chi connectivity index (χ0n) is 9.12. The molecule has 5 nitrogen and oxygen atoms in total. The monoisotopic (exact) mass is 214 g/mol. The zero-order chi connectivity index (χ0) is 11.7. The van der Waals surface area contributed by atoms with Gasteiger partial charge >= 0.3 is 12.0 Å². The predicted octanol–water partition coefficient (Wildman–Crippen LogP) is 1.11. The third kappa shape index (κ3) is 6.54. The quantitative estimate of drug-likeness (QED) is 0.458. The first-order valence-corrected chi connectivity index (χ1v) is 5.00. The van der Waals surface area contributed by atoms with Crippen molar-refractivity contribution in [1.29, 1.82) is 0 Å². The van der Waals surface area contributed by atoms with E-state index in [1.807, 2.05) is 19.1 Å². The van der Waals surface area contributed by atoms with Gasteiger partial charge in [0.05, 0.1) is 0 Å². The van der Waals surface area contributed by atoms with E-state index < -0.39 is 18.0 Å². The fourth-order valence-corrected chi connectivity index (χ4v) is 0.983. The molecule has 3 N–H and O–H groups in total. The van der Waals surface area contributed by atoms with E-state index in [0.29, 0.717) is 13.0 Å². The van der Waals surface area contributed by atoms with Crippen LogP contribution in [0, 0.1) is 0 Å². The summed E-state index contributed by atoms with van der Waals surface area (Å²) in [5.41, 5.74) is 0. The first-order chi connectivity index (χ1) is 7.11. The number of allylic oxidation sites excluding steroid dienone is 1. The molecule has 0 fully saturated rings. The maximum Gasteiger partial charge on any atom is 0.326 e. The fraction of sp³-hybridized carbons (Fsp3) is 0.600. The maximum atomic E-state index is 11.2. The second-order valence-electron chi connectivity index (χ2n) is 3.06. The Hall–Kier alpha value is -1.52. The van der Waals surface area contributed by atoms with Crippen LogP contribution in [0.2, 0.25) is 0 Å². The molecule has 5 heteroatoms. The van der Waals surface area contributed by atoms with Crippen LogP contribution in [0.1, 0.15) is 26.7 Å². The number of rotatable bonds is 6. The second kappa shape index (κ2) is 7.84. The van der Waals surface area contributed by atoms with E-state index in [2.05, 4.69) is 10.6 Å². The number of carbonyl (C=O) groups is 2. The highest BCUT2D eigenvalue weighted by molar-refractivity contribution is 5.82. The van der Waals surface area contributed by atoms with Crippen molar-refractivity contribution in [3.63, 3.8) is 0 Å². The summed E-state index contributed by atoms with van der Waals surface area (Å²) in [5.74, 6) is -1.01. The Morgan fingerprint density at radius 3 is 2.60 bits per heavy atom. The highest BCUT2D eigenvalue weighted by Crippen LogP contribution is 1.90.